The number of nitrogens with one attached hydrogen (secondary N) is 1. The smallest absolute Gasteiger partial charge is 0.211 e. The molecule has 19 heavy (non-hydrogen) atoms. The first-order valence-electron chi connectivity index (χ1n) is 6.39. The molecule has 2 unspecified atom stereocenters. The molecule has 0 bridgehead atoms. The lowest BCUT2D eigenvalue weighted by atomic mass is 9.92. The van der Waals surface area contributed by atoms with E-state index in [4.69, 9.17) is 15.3 Å². The number of nitrogens with zero attached hydrogens (tertiary/aromatic N) is 1. The zero-order valence-corrected chi connectivity index (χ0v) is 12.6. The van der Waals surface area contributed by atoms with Gasteiger partial charge in [-0.3, -0.25) is 11.3 Å². The quantitative estimate of drug-likeness (QED) is 0.373. The number of hydrogen-bond donors (Lipinski definition) is 2. The Morgan fingerprint density at radius 2 is 2.05 bits per heavy atom. The summed E-state index contributed by atoms with van der Waals surface area (Å²) in [6.45, 7) is 1.14. The van der Waals surface area contributed by atoms with Gasteiger partial charge in [-0.1, -0.05) is 0 Å². The molecule has 0 spiro atoms. The molecule has 1 rings (SSSR count). The van der Waals surface area contributed by atoms with Crippen LogP contribution in [0.4, 0.5) is 0 Å². The average Bonchev–Trinajstić information content (AvgIpc) is 2.38. The van der Waals surface area contributed by atoms with Crippen molar-refractivity contribution < 1.29 is 17.9 Å². The Morgan fingerprint density at radius 3 is 2.53 bits per heavy atom. The Morgan fingerprint density at radius 1 is 1.42 bits per heavy atom. The SMILES string of the molecule is COC(OC)C(CC1CCCN(S(C)(=O)=O)C1)NN. The van der Waals surface area contributed by atoms with Gasteiger partial charge >= 0.3 is 0 Å². The molecule has 0 aromatic carbocycles. The van der Waals surface area contributed by atoms with Crippen molar-refractivity contribution in [3.8, 4) is 0 Å². The first-order chi connectivity index (χ1) is 8.92. The van der Waals surface area contributed by atoms with Crippen molar-refractivity contribution in [2.45, 2.75) is 31.6 Å². The molecule has 1 aliphatic heterocycles. The van der Waals surface area contributed by atoms with Crippen LogP contribution in [0.5, 0.6) is 0 Å². The Labute approximate surface area is 115 Å². The van der Waals surface area contributed by atoms with Gasteiger partial charge in [-0.2, -0.15) is 0 Å². The number of nitrogens with two attached hydrogens (primary N) is 1. The normalized spacial score (nSPS) is 23.7. The molecule has 8 heteroatoms. The minimum absolute atomic E-state index is 0.153. The van der Waals surface area contributed by atoms with E-state index >= 15 is 0 Å². The summed E-state index contributed by atoms with van der Waals surface area (Å²) < 4.78 is 35.1. The fourth-order valence-corrected chi connectivity index (χ4v) is 3.50. The molecule has 1 saturated heterocycles. The van der Waals surface area contributed by atoms with E-state index in [-0.39, 0.29) is 12.0 Å². The van der Waals surface area contributed by atoms with E-state index in [0.717, 1.165) is 19.3 Å². The predicted octanol–water partition coefficient (Wildman–Crippen LogP) is -0.501. The van der Waals surface area contributed by atoms with Gasteiger partial charge in [0.05, 0.1) is 12.3 Å². The number of hydrogen-bond acceptors (Lipinski definition) is 6. The van der Waals surface area contributed by atoms with E-state index in [1.807, 2.05) is 0 Å². The van der Waals surface area contributed by atoms with Gasteiger partial charge in [0, 0.05) is 27.3 Å². The zero-order chi connectivity index (χ0) is 14.5. The minimum Gasteiger partial charge on any atom is -0.354 e. The summed E-state index contributed by atoms with van der Waals surface area (Å²) >= 11 is 0. The Balaban J connectivity index is 2.60. The molecule has 1 heterocycles. The second-order valence-electron chi connectivity index (χ2n) is 4.98. The third-order valence-corrected chi connectivity index (χ3v) is 4.81. The van der Waals surface area contributed by atoms with Crippen molar-refractivity contribution in [1.29, 1.82) is 0 Å². The zero-order valence-electron chi connectivity index (χ0n) is 11.8. The van der Waals surface area contributed by atoms with Gasteiger partial charge in [0.25, 0.3) is 0 Å². The number of hydrazine groups is 1. The summed E-state index contributed by atoms with van der Waals surface area (Å²) in [5.41, 5.74) is 2.69. The molecule has 1 fully saturated rings. The largest absolute Gasteiger partial charge is 0.354 e. The highest BCUT2D eigenvalue weighted by molar-refractivity contribution is 7.88. The minimum atomic E-state index is -3.11. The van der Waals surface area contributed by atoms with Crippen LogP contribution in [0.1, 0.15) is 19.3 Å². The summed E-state index contributed by atoms with van der Waals surface area (Å²) in [6, 6.07) is -0.153. The molecule has 0 radical (unpaired) electrons. The number of piperidine rings is 1. The predicted molar refractivity (Wildman–Crippen MR) is 72.7 cm³/mol. The third-order valence-electron chi connectivity index (χ3n) is 3.55. The van der Waals surface area contributed by atoms with Crippen molar-refractivity contribution in [2.24, 2.45) is 11.8 Å². The molecule has 1 aliphatic rings. The first kappa shape index (κ1) is 16.8. The molecule has 114 valence electrons. The van der Waals surface area contributed by atoms with Gasteiger partial charge in [-0.05, 0) is 25.2 Å². The number of methoxy groups -OCH3 is 2. The Bertz CT molecular complexity index is 359. The summed E-state index contributed by atoms with van der Waals surface area (Å²) in [4.78, 5) is 0. The number of rotatable bonds is 7. The van der Waals surface area contributed by atoms with Crippen molar-refractivity contribution in [3.05, 3.63) is 0 Å². The maximum absolute atomic E-state index is 11.6. The van der Waals surface area contributed by atoms with Gasteiger partial charge in [-0.15, -0.1) is 0 Å². The van der Waals surface area contributed by atoms with Crippen LogP contribution in [-0.2, 0) is 19.5 Å². The van der Waals surface area contributed by atoms with E-state index in [0.29, 0.717) is 13.1 Å². The Kier molecular flexibility index (Phi) is 6.64. The maximum Gasteiger partial charge on any atom is 0.211 e. The summed E-state index contributed by atoms with van der Waals surface area (Å²) in [5.74, 6) is 5.78. The van der Waals surface area contributed by atoms with Crippen LogP contribution in [0.25, 0.3) is 0 Å². The molecular formula is C11H25N3O4S. The van der Waals surface area contributed by atoms with E-state index in [1.54, 1.807) is 14.2 Å². The van der Waals surface area contributed by atoms with Crippen LogP contribution in [0.3, 0.4) is 0 Å². The molecule has 0 aromatic rings. The molecule has 0 amide bonds. The topological polar surface area (TPSA) is 93.9 Å². The summed E-state index contributed by atoms with van der Waals surface area (Å²) in [6.07, 6.45) is 3.40. The third kappa shape index (κ3) is 4.97. The van der Waals surface area contributed by atoms with Crippen molar-refractivity contribution in [2.75, 3.05) is 33.6 Å². The van der Waals surface area contributed by atoms with Crippen LogP contribution in [0.2, 0.25) is 0 Å². The molecule has 0 saturated carbocycles. The number of sulfonamides is 1. The van der Waals surface area contributed by atoms with Gasteiger partial charge < -0.3 is 9.47 Å². The molecule has 2 atom stereocenters. The first-order valence-corrected chi connectivity index (χ1v) is 8.24. The lowest BCUT2D eigenvalue weighted by molar-refractivity contribution is -0.126. The van der Waals surface area contributed by atoms with Gasteiger partial charge in [0.2, 0.25) is 10.0 Å². The molecule has 0 aliphatic carbocycles. The molecular weight excluding hydrogens is 270 g/mol. The molecule has 3 N–H and O–H groups in total. The van der Waals surface area contributed by atoms with E-state index in [2.05, 4.69) is 5.43 Å². The van der Waals surface area contributed by atoms with Crippen LogP contribution < -0.4 is 11.3 Å². The standard InChI is InChI=1S/C11H25N3O4S/c1-17-11(18-2)10(13-12)7-9-5-4-6-14(8-9)19(3,15)16/h9-11,13H,4-8,12H2,1-3H3. The lowest BCUT2D eigenvalue weighted by Crippen LogP contribution is -2.49. The monoisotopic (exact) mass is 295 g/mol. The van der Waals surface area contributed by atoms with Crippen molar-refractivity contribution >= 4 is 10.0 Å². The fraction of sp³-hybridized carbons (Fsp3) is 1.00. The van der Waals surface area contributed by atoms with E-state index in [1.165, 1.54) is 10.6 Å². The summed E-state index contributed by atoms with van der Waals surface area (Å²) in [5, 5.41) is 0. The van der Waals surface area contributed by atoms with Gasteiger partial charge in [-0.25, -0.2) is 12.7 Å². The van der Waals surface area contributed by atoms with Gasteiger partial charge in [0.15, 0.2) is 6.29 Å². The second-order valence-corrected chi connectivity index (χ2v) is 6.96. The molecule has 7 nitrogen and oxygen atoms in total. The number of ether oxygens (including phenoxy) is 2. The maximum atomic E-state index is 11.6. The average molecular weight is 295 g/mol. The van der Waals surface area contributed by atoms with Crippen LogP contribution in [0.15, 0.2) is 0 Å². The van der Waals surface area contributed by atoms with Crippen LogP contribution in [-0.4, -0.2) is 58.6 Å². The van der Waals surface area contributed by atoms with E-state index < -0.39 is 16.3 Å². The highest BCUT2D eigenvalue weighted by Gasteiger charge is 2.30. The summed E-state index contributed by atoms with van der Waals surface area (Å²) in [7, 11) is 0.00193. The molecule has 0 aromatic heterocycles. The Hall–Kier alpha value is -0.250. The van der Waals surface area contributed by atoms with Crippen LogP contribution >= 0.6 is 0 Å². The highest BCUT2D eigenvalue weighted by Crippen LogP contribution is 2.23. The van der Waals surface area contributed by atoms with Crippen LogP contribution in [0, 0.1) is 5.92 Å². The second kappa shape index (κ2) is 7.51. The van der Waals surface area contributed by atoms with Gasteiger partial charge in [0.1, 0.15) is 0 Å². The highest BCUT2D eigenvalue weighted by atomic mass is 32.2. The van der Waals surface area contributed by atoms with E-state index in [9.17, 15) is 8.42 Å². The lowest BCUT2D eigenvalue weighted by Gasteiger charge is -2.34. The fourth-order valence-electron chi connectivity index (χ4n) is 2.56. The van der Waals surface area contributed by atoms with Crippen molar-refractivity contribution in [3.63, 3.8) is 0 Å². The van der Waals surface area contributed by atoms with Crippen molar-refractivity contribution in [1.82, 2.24) is 9.73 Å².